The summed E-state index contributed by atoms with van der Waals surface area (Å²) in [5.41, 5.74) is 5.21. The van der Waals surface area contributed by atoms with Crippen LogP contribution in [0, 0.1) is 23.5 Å². The Hall–Kier alpha value is -1.65. The highest BCUT2D eigenvalue weighted by Gasteiger charge is 2.20. The number of anilines is 2. The lowest BCUT2D eigenvalue weighted by Gasteiger charge is -2.16. The van der Waals surface area contributed by atoms with Gasteiger partial charge in [0.15, 0.2) is 11.6 Å². The quantitative estimate of drug-likeness (QED) is 0.801. The molecule has 0 aliphatic rings. The Bertz CT molecular complexity index is 433. The van der Waals surface area contributed by atoms with Crippen molar-refractivity contribution in [2.75, 3.05) is 11.1 Å². The molecule has 0 saturated carbocycles. The van der Waals surface area contributed by atoms with Crippen LogP contribution in [-0.4, -0.2) is 5.91 Å². The second-order valence-electron chi connectivity index (χ2n) is 4.35. The number of halogens is 2. The van der Waals surface area contributed by atoms with Crippen LogP contribution >= 0.6 is 0 Å². The van der Waals surface area contributed by atoms with E-state index in [-0.39, 0.29) is 29.1 Å². The normalized spacial score (nSPS) is 12.6. The fourth-order valence-corrected chi connectivity index (χ4v) is 1.23. The van der Waals surface area contributed by atoms with E-state index in [9.17, 15) is 13.6 Å². The van der Waals surface area contributed by atoms with E-state index in [0.717, 1.165) is 6.07 Å². The van der Waals surface area contributed by atoms with Crippen LogP contribution in [0.4, 0.5) is 20.2 Å². The van der Waals surface area contributed by atoms with Gasteiger partial charge in [0, 0.05) is 5.92 Å². The summed E-state index contributed by atoms with van der Waals surface area (Å²) in [6, 6.07) is 2.14. The van der Waals surface area contributed by atoms with Gasteiger partial charge in [0.2, 0.25) is 5.91 Å². The van der Waals surface area contributed by atoms with E-state index >= 15 is 0 Å². The first-order valence-corrected chi connectivity index (χ1v) is 5.39. The summed E-state index contributed by atoms with van der Waals surface area (Å²) in [7, 11) is 0. The molecule has 1 unspecified atom stereocenters. The number of benzene rings is 1. The SMILES string of the molecule is CC(C)C(C)C(=O)Nc1c(N)ccc(F)c1F. The maximum atomic E-state index is 13.4. The van der Waals surface area contributed by atoms with Gasteiger partial charge in [0.25, 0.3) is 0 Å². The molecule has 3 nitrogen and oxygen atoms in total. The molecule has 0 saturated heterocycles. The van der Waals surface area contributed by atoms with E-state index in [1.165, 1.54) is 6.07 Å². The van der Waals surface area contributed by atoms with Crippen LogP contribution in [0.5, 0.6) is 0 Å². The van der Waals surface area contributed by atoms with Gasteiger partial charge in [-0.2, -0.15) is 0 Å². The maximum absolute atomic E-state index is 13.4. The number of nitrogens with one attached hydrogen (secondary N) is 1. The summed E-state index contributed by atoms with van der Waals surface area (Å²) in [6.07, 6.45) is 0. The van der Waals surface area contributed by atoms with Crippen molar-refractivity contribution < 1.29 is 13.6 Å². The van der Waals surface area contributed by atoms with Gasteiger partial charge < -0.3 is 11.1 Å². The average molecular weight is 242 g/mol. The zero-order valence-corrected chi connectivity index (χ0v) is 10.1. The molecule has 1 rings (SSSR count). The highest BCUT2D eigenvalue weighted by Crippen LogP contribution is 2.25. The molecule has 0 fully saturated rings. The lowest BCUT2D eigenvalue weighted by atomic mass is 9.97. The first-order valence-electron chi connectivity index (χ1n) is 5.39. The van der Waals surface area contributed by atoms with Crippen molar-refractivity contribution in [3.63, 3.8) is 0 Å². The number of rotatable bonds is 3. The highest BCUT2D eigenvalue weighted by molar-refractivity contribution is 5.95. The maximum Gasteiger partial charge on any atom is 0.227 e. The average Bonchev–Trinajstić information content (AvgIpc) is 2.28. The summed E-state index contributed by atoms with van der Waals surface area (Å²) in [6.45, 7) is 5.46. The van der Waals surface area contributed by atoms with Crippen LogP contribution in [0.3, 0.4) is 0 Å². The third-order valence-electron chi connectivity index (χ3n) is 2.79. The van der Waals surface area contributed by atoms with E-state index < -0.39 is 11.6 Å². The van der Waals surface area contributed by atoms with Gasteiger partial charge in [-0.3, -0.25) is 4.79 Å². The third kappa shape index (κ3) is 2.93. The molecule has 0 aromatic heterocycles. The summed E-state index contributed by atoms with van der Waals surface area (Å²) < 4.78 is 26.4. The van der Waals surface area contributed by atoms with Crippen LogP contribution in [0.2, 0.25) is 0 Å². The second-order valence-corrected chi connectivity index (χ2v) is 4.35. The number of nitrogens with two attached hydrogens (primary N) is 1. The molecule has 0 aliphatic carbocycles. The molecule has 0 aliphatic heterocycles. The van der Waals surface area contributed by atoms with E-state index in [4.69, 9.17) is 5.73 Å². The van der Waals surface area contributed by atoms with Gasteiger partial charge in [0.05, 0.1) is 5.69 Å². The van der Waals surface area contributed by atoms with Crippen LogP contribution in [0.1, 0.15) is 20.8 Å². The predicted octanol–water partition coefficient (Wildman–Crippen LogP) is 2.78. The predicted molar refractivity (Wildman–Crippen MR) is 63.4 cm³/mol. The van der Waals surface area contributed by atoms with Crippen molar-refractivity contribution in [2.24, 2.45) is 11.8 Å². The molecular weight excluding hydrogens is 226 g/mol. The number of hydrogen-bond donors (Lipinski definition) is 2. The first-order chi connectivity index (χ1) is 7.84. The van der Waals surface area contributed by atoms with E-state index in [0.29, 0.717) is 0 Å². The summed E-state index contributed by atoms with van der Waals surface area (Å²) in [5.74, 6) is -2.75. The monoisotopic (exact) mass is 242 g/mol. The van der Waals surface area contributed by atoms with Crippen molar-refractivity contribution >= 4 is 17.3 Å². The van der Waals surface area contributed by atoms with Crippen LogP contribution in [0.25, 0.3) is 0 Å². The molecule has 17 heavy (non-hydrogen) atoms. The van der Waals surface area contributed by atoms with Gasteiger partial charge in [-0.25, -0.2) is 8.78 Å². The molecule has 94 valence electrons. The fraction of sp³-hybridized carbons (Fsp3) is 0.417. The molecule has 1 aromatic carbocycles. The third-order valence-corrected chi connectivity index (χ3v) is 2.79. The Balaban J connectivity index is 2.96. The van der Waals surface area contributed by atoms with Crippen molar-refractivity contribution in [1.82, 2.24) is 0 Å². The van der Waals surface area contributed by atoms with Crippen LogP contribution in [-0.2, 0) is 4.79 Å². The van der Waals surface area contributed by atoms with Gasteiger partial charge >= 0.3 is 0 Å². The summed E-state index contributed by atoms with van der Waals surface area (Å²) >= 11 is 0. The molecule has 0 spiro atoms. The van der Waals surface area contributed by atoms with Gasteiger partial charge in [-0.05, 0) is 18.1 Å². The van der Waals surface area contributed by atoms with E-state index in [1.807, 2.05) is 13.8 Å². The molecule has 0 radical (unpaired) electrons. The van der Waals surface area contributed by atoms with Crippen molar-refractivity contribution in [3.8, 4) is 0 Å². The lowest BCUT2D eigenvalue weighted by Crippen LogP contribution is -2.25. The molecule has 0 heterocycles. The number of amides is 1. The second kappa shape index (κ2) is 5.12. The Kier molecular flexibility index (Phi) is 4.04. The lowest BCUT2D eigenvalue weighted by molar-refractivity contribution is -0.120. The molecule has 5 heteroatoms. The smallest absolute Gasteiger partial charge is 0.227 e. The van der Waals surface area contributed by atoms with Crippen molar-refractivity contribution in [3.05, 3.63) is 23.8 Å². The number of hydrogen-bond acceptors (Lipinski definition) is 2. The zero-order chi connectivity index (χ0) is 13.2. The summed E-state index contributed by atoms with van der Waals surface area (Å²) in [5, 5.41) is 2.32. The Morgan fingerprint density at radius 3 is 2.41 bits per heavy atom. The molecule has 1 amide bonds. The number of carbonyl (C=O) groups is 1. The van der Waals surface area contributed by atoms with Crippen LogP contribution < -0.4 is 11.1 Å². The number of carbonyl (C=O) groups excluding carboxylic acids is 1. The van der Waals surface area contributed by atoms with Gasteiger partial charge in [-0.1, -0.05) is 20.8 Å². The topological polar surface area (TPSA) is 55.1 Å². The van der Waals surface area contributed by atoms with E-state index in [2.05, 4.69) is 5.32 Å². The minimum atomic E-state index is -1.13. The zero-order valence-electron chi connectivity index (χ0n) is 10.1. The number of nitrogen functional groups attached to an aromatic ring is 1. The van der Waals surface area contributed by atoms with Gasteiger partial charge in [0.1, 0.15) is 5.69 Å². The standard InChI is InChI=1S/C12H16F2N2O/c1-6(2)7(3)12(17)16-11-9(15)5-4-8(13)10(11)14/h4-7H,15H2,1-3H3,(H,16,17). The Morgan fingerprint density at radius 2 is 1.88 bits per heavy atom. The van der Waals surface area contributed by atoms with Crippen molar-refractivity contribution in [1.29, 1.82) is 0 Å². The highest BCUT2D eigenvalue weighted by atomic mass is 19.2. The molecule has 3 N–H and O–H groups in total. The molecule has 1 aromatic rings. The molecule has 0 bridgehead atoms. The van der Waals surface area contributed by atoms with Gasteiger partial charge in [-0.15, -0.1) is 0 Å². The Labute approximate surface area is 99.0 Å². The molecule has 1 atom stereocenters. The minimum absolute atomic E-state index is 0.00760. The Morgan fingerprint density at radius 1 is 1.29 bits per heavy atom. The molecular formula is C12H16F2N2O. The minimum Gasteiger partial charge on any atom is -0.397 e. The largest absolute Gasteiger partial charge is 0.397 e. The summed E-state index contributed by atoms with van der Waals surface area (Å²) in [4.78, 5) is 11.7. The van der Waals surface area contributed by atoms with Crippen molar-refractivity contribution in [2.45, 2.75) is 20.8 Å². The van der Waals surface area contributed by atoms with Crippen LogP contribution in [0.15, 0.2) is 12.1 Å². The fourth-order valence-electron chi connectivity index (χ4n) is 1.23. The van der Waals surface area contributed by atoms with E-state index in [1.54, 1.807) is 6.92 Å². The first kappa shape index (κ1) is 13.4.